The summed E-state index contributed by atoms with van der Waals surface area (Å²) in [7, 11) is 1.89. The molecule has 1 fully saturated rings. The van der Waals surface area contributed by atoms with E-state index in [9.17, 15) is 4.79 Å². The fourth-order valence-corrected chi connectivity index (χ4v) is 2.78. The fourth-order valence-electron chi connectivity index (χ4n) is 2.24. The number of nitrogens with zero attached hydrogens (tertiary/aromatic N) is 2. The second-order valence-electron chi connectivity index (χ2n) is 4.79. The minimum atomic E-state index is 0.118. The zero-order valence-electron chi connectivity index (χ0n) is 10.7. The highest BCUT2D eigenvalue weighted by Gasteiger charge is 2.15. The van der Waals surface area contributed by atoms with E-state index >= 15 is 0 Å². The van der Waals surface area contributed by atoms with Gasteiger partial charge < -0.3 is 9.80 Å². The summed E-state index contributed by atoms with van der Waals surface area (Å²) >= 11 is 2.24. The van der Waals surface area contributed by atoms with Gasteiger partial charge in [-0.05, 0) is 66.7 Å². The van der Waals surface area contributed by atoms with Crippen molar-refractivity contribution in [3.05, 3.63) is 33.4 Å². The van der Waals surface area contributed by atoms with Crippen LogP contribution in [0.25, 0.3) is 0 Å². The minimum Gasteiger partial charge on any atom is -0.340 e. The largest absolute Gasteiger partial charge is 0.340 e. The maximum absolute atomic E-state index is 12.2. The van der Waals surface area contributed by atoms with E-state index in [-0.39, 0.29) is 5.91 Å². The molecule has 0 aromatic heterocycles. The third kappa shape index (κ3) is 3.68. The molecule has 0 atom stereocenters. The van der Waals surface area contributed by atoms with Gasteiger partial charge >= 0.3 is 0 Å². The van der Waals surface area contributed by atoms with E-state index in [1.54, 1.807) is 0 Å². The predicted molar refractivity (Wildman–Crippen MR) is 81.8 cm³/mol. The lowest BCUT2D eigenvalue weighted by molar-refractivity contribution is 0.0782. The van der Waals surface area contributed by atoms with Gasteiger partial charge in [0, 0.05) is 29.3 Å². The van der Waals surface area contributed by atoms with Gasteiger partial charge in [0.2, 0.25) is 0 Å². The van der Waals surface area contributed by atoms with Gasteiger partial charge in [-0.2, -0.15) is 0 Å². The van der Waals surface area contributed by atoms with E-state index < -0.39 is 0 Å². The molecule has 0 radical (unpaired) electrons. The molecule has 0 N–H and O–H groups in total. The number of carbonyl (C=O) groups is 1. The molecule has 1 heterocycles. The Morgan fingerprint density at radius 2 is 2.11 bits per heavy atom. The topological polar surface area (TPSA) is 23.6 Å². The van der Waals surface area contributed by atoms with Crippen molar-refractivity contribution in [2.75, 3.05) is 33.2 Å². The standard InChI is InChI=1S/C14H19IN2O/c1-16(9-10-17-7-2-3-8-17)14(18)12-5-4-6-13(15)11-12/h4-6,11H,2-3,7-10H2,1H3. The minimum absolute atomic E-state index is 0.118. The first-order chi connectivity index (χ1) is 8.66. The molecule has 2 rings (SSSR count). The molecule has 1 aliphatic rings. The molecule has 3 nitrogen and oxygen atoms in total. The molecule has 18 heavy (non-hydrogen) atoms. The molecule has 0 aliphatic carbocycles. The highest BCUT2D eigenvalue weighted by Crippen LogP contribution is 2.11. The van der Waals surface area contributed by atoms with E-state index in [0.717, 1.165) is 22.2 Å². The highest BCUT2D eigenvalue weighted by atomic mass is 127. The zero-order valence-corrected chi connectivity index (χ0v) is 12.9. The smallest absolute Gasteiger partial charge is 0.253 e. The number of likely N-dealkylation sites (tertiary alicyclic amines) is 1. The second-order valence-corrected chi connectivity index (χ2v) is 6.03. The zero-order chi connectivity index (χ0) is 13.0. The van der Waals surface area contributed by atoms with Crippen LogP contribution < -0.4 is 0 Å². The van der Waals surface area contributed by atoms with Gasteiger partial charge in [-0.1, -0.05) is 6.07 Å². The monoisotopic (exact) mass is 358 g/mol. The van der Waals surface area contributed by atoms with Gasteiger partial charge in [0.25, 0.3) is 5.91 Å². The van der Waals surface area contributed by atoms with E-state index in [4.69, 9.17) is 0 Å². The van der Waals surface area contributed by atoms with Gasteiger partial charge in [0.15, 0.2) is 0 Å². The highest BCUT2D eigenvalue weighted by molar-refractivity contribution is 14.1. The van der Waals surface area contributed by atoms with Crippen molar-refractivity contribution in [2.24, 2.45) is 0 Å². The number of carbonyl (C=O) groups excluding carboxylic acids is 1. The lowest BCUT2D eigenvalue weighted by Crippen LogP contribution is -2.35. The van der Waals surface area contributed by atoms with Crippen LogP contribution in [0.15, 0.2) is 24.3 Å². The predicted octanol–water partition coefficient (Wildman–Crippen LogP) is 2.46. The van der Waals surface area contributed by atoms with Crippen LogP contribution in [0.2, 0.25) is 0 Å². The number of halogens is 1. The Morgan fingerprint density at radius 1 is 1.39 bits per heavy atom. The number of hydrogen-bond donors (Lipinski definition) is 0. The summed E-state index contributed by atoms with van der Waals surface area (Å²) in [6, 6.07) is 7.76. The van der Waals surface area contributed by atoms with Crippen molar-refractivity contribution in [2.45, 2.75) is 12.8 Å². The van der Waals surface area contributed by atoms with Crippen LogP contribution in [0.4, 0.5) is 0 Å². The Labute approximate surface area is 122 Å². The van der Waals surface area contributed by atoms with Crippen LogP contribution in [-0.2, 0) is 0 Å². The molecule has 4 heteroatoms. The first-order valence-electron chi connectivity index (χ1n) is 6.40. The Morgan fingerprint density at radius 3 is 2.78 bits per heavy atom. The molecule has 0 unspecified atom stereocenters. The van der Waals surface area contributed by atoms with Crippen LogP contribution in [0.1, 0.15) is 23.2 Å². The molecule has 1 saturated heterocycles. The van der Waals surface area contributed by atoms with Gasteiger partial charge in [-0.25, -0.2) is 0 Å². The van der Waals surface area contributed by atoms with E-state index in [1.165, 1.54) is 25.9 Å². The van der Waals surface area contributed by atoms with Gasteiger partial charge in [0.1, 0.15) is 0 Å². The Balaban J connectivity index is 1.87. The van der Waals surface area contributed by atoms with Crippen LogP contribution in [-0.4, -0.2) is 48.9 Å². The maximum atomic E-state index is 12.2. The quantitative estimate of drug-likeness (QED) is 0.772. The van der Waals surface area contributed by atoms with E-state index in [0.29, 0.717) is 0 Å². The summed E-state index contributed by atoms with van der Waals surface area (Å²) in [4.78, 5) is 16.5. The molecule has 98 valence electrons. The van der Waals surface area contributed by atoms with E-state index in [1.807, 2.05) is 36.2 Å². The first-order valence-corrected chi connectivity index (χ1v) is 7.48. The van der Waals surface area contributed by atoms with E-state index in [2.05, 4.69) is 27.5 Å². The number of benzene rings is 1. The molecule has 1 aliphatic heterocycles. The normalized spacial score (nSPS) is 15.9. The van der Waals surface area contributed by atoms with Crippen molar-refractivity contribution in [3.63, 3.8) is 0 Å². The summed E-state index contributed by atoms with van der Waals surface area (Å²) in [6.07, 6.45) is 2.60. The van der Waals surface area contributed by atoms with Gasteiger partial charge in [-0.15, -0.1) is 0 Å². The van der Waals surface area contributed by atoms with Crippen LogP contribution in [0, 0.1) is 3.57 Å². The summed E-state index contributed by atoms with van der Waals surface area (Å²) in [5.74, 6) is 0.118. The van der Waals surface area contributed by atoms with Crippen molar-refractivity contribution in [1.82, 2.24) is 9.80 Å². The van der Waals surface area contributed by atoms with Crippen LogP contribution in [0.3, 0.4) is 0 Å². The van der Waals surface area contributed by atoms with Gasteiger partial charge in [-0.3, -0.25) is 4.79 Å². The third-order valence-electron chi connectivity index (χ3n) is 3.37. The van der Waals surface area contributed by atoms with Gasteiger partial charge in [0.05, 0.1) is 0 Å². The van der Waals surface area contributed by atoms with Crippen molar-refractivity contribution < 1.29 is 4.79 Å². The van der Waals surface area contributed by atoms with Crippen molar-refractivity contribution in [3.8, 4) is 0 Å². The van der Waals surface area contributed by atoms with Crippen molar-refractivity contribution in [1.29, 1.82) is 0 Å². The fraction of sp³-hybridized carbons (Fsp3) is 0.500. The molecular formula is C14H19IN2O. The third-order valence-corrected chi connectivity index (χ3v) is 4.04. The molecule has 1 aromatic rings. The Kier molecular flexibility index (Phi) is 5.00. The Bertz CT molecular complexity index is 416. The average molecular weight is 358 g/mol. The SMILES string of the molecule is CN(CCN1CCCC1)C(=O)c1cccc(I)c1. The van der Waals surface area contributed by atoms with Crippen LogP contribution in [0.5, 0.6) is 0 Å². The summed E-state index contributed by atoms with van der Waals surface area (Å²) in [5, 5.41) is 0. The molecule has 0 spiro atoms. The molecule has 0 saturated carbocycles. The summed E-state index contributed by atoms with van der Waals surface area (Å²) in [5.41, 5.74) is 0.783. The number of rotatable bonds is 4. The molecule has 1 amide bonds. The average Bonchev–Trinajstić information content (AvgIpc) is 2.88. The number of hydrogen-bond acceptors (Lipinski definition) is 2. The molecule has 1 aromatic carbocycles. The summed E-state index contributed by atoms with van der Waals surface area (Å²) in [6.45, 7) is 4.17. The lowest BCUT2D eigenvalue weighted by Gasteiger charge is -2.21. The van der Waals surface area contributed by atoms with Crippen LogP contribution >= 0.6 is 22.6 Å². The Hall–Kier alpha value is -0.620. The maximum Gasteiger partial charge on any atom is 0.253 e. The summed E-state index contributed by atoms with van der Waals surface area (Å²) < 4.78 is 1.10. The molecular weight excluding hydrogens is 339 g/mol. The van der Waals surface area contributed by atoms with Crippen molar-refractivity contribution >= 4 is 28.5 Å². The first kappa shape index (κ1) is 13.8. The number of amides is 1. The lowest BCUT2D eigenvalue weighted by atomic mass is 10.2. The molecule has 0 bridgehead atoms. The number of likely N-dealkylation sites (N-methyl/N-ethyl adjacent to an activating group) is 1. The second kappa shape index (κ2) is 6.52.